The fourth-order valence-corrected chi connectivity index (χ4v) is 4.52. The zero-order valence-electron chi connectivity index (χ0n) is 13.2. The third-order valence-electron chi connectivity index (χ3n) is 4.11. The van der Waals surface area contributed by atoms with Crippen molar-refractivity contribution in [2.45, 2.75) is 18.3 Å². The van der Waals surface area contributed by atoms with Crippen LogP contribution in [0, 0.1) is 6.92 Å². The molecule has 0 aliphatic carbocycles. The van der Waals surface area contributed by atoms with E-state index in [0.717, 1.165) is 11.1 Å². The van der Waals surface area contributed by atoms with Gasteiger partial charge in [-0.15, -0.1) is 11.8 Å². The molecule has 3 rings (SSSR count). The second-order valence-corrected chi connectivity index (χ2v) is 7.65. The van der Waals surface area contributed by atoms with Gasteiger partial charge in [0.2, 0.25) is 0 Å². The molecular formula is C18H14Cl2NO3S-. The number of amides is 1. The van der Waals surface area contributed by atoms with Crippen molar-refractivity contribution in [1.82, 2.24) is 4.90 Å². The molecule has 25 heavy (non-hydrogen) atoms. The Kier molecular flexibility index (Phi) is 5.27. The fraction of sp³-hybridized carbons (Fsp3) is 0.222. The number of thioether (sulfide) groups is 1. The molecule has 1 fully saturated rings. The number of carboxylic acids is 1. The van der Waals surface area contributed by atoms with E-state index in [0.29, 0.717) is 15.6 Å². The van der Waals surface area contributed by atoms with Crippen molar-refractivity contribution >= 4 is 46.8 Å². The van der Waals surface area contributed by atoms with Gasteiger partial charge in [0.1, 0.15) is 5.37 Å². The number of hydrogen-bond acceptors (Lipinski definition) is 4. The second-order valence-electron chi connectivity index (χ2n) is 5.72. The first-order valence-electron chi connectivity index (χ1n) is 7.56. The van der Waals surface area contributed by atoms with Crippen LogP contribution in [0.25, 0.3) is 0 Å². The minimum atomic E-state index is -1.27. The van der Waals surface area contributed by atoms with Crippen molar-refractivity contribution in [3.05, 3.63) is 69.2 Å². The molecule has 0 spiro atoms. The number of benzene rings is 2. The van der Waals surface area contributed by atoms with Crippen LogP contribution in [0.15, 0.2) is 42.5 Å². The summed E-state index contributed by atoms with van der Waals surface area (Å²) >= 11 is 13.4. The van der Waals surface area contributed by atoms with Crippen molar-refractivity contribution < 1.29 is 14.7 Å². The molecule has 0 saturated carbocycles. The number of aryl methyl sites for hydroxylation is 1. The molecule has 4 nitrogen and oxygen atoms in total. The molecule has 0 unspecified atom stereocenters. The van der Waals surface area contributed by atoms with E-state index in [4.69, 9.17) is 23.2 Å². The Hall–Kier alpha value is -1.69. The van der Waals surface area contributed by atoms with Gasteiger partial charge in [-0.2, -0.15) is 0 Å². The Morgan fingerprint density at radius 3 is 2.52 bits per heavy atom. The van der Waals surface area contributed by atoms with Gasteiger partial charge < -0.3 is 14.8 Å². The zero-order valence-corrected chi connectivity index (χ0v) is 15.6. The van der Waals surface area contributed by atoms with Crippen molar-refractivity contribution in [3.63, 3.8) is 0 Å². The topological polar surface area (TPSA) is 60.4 Å². The van der Waals surface area contributed by atoms with Gasteiger partial charge in [0.15, 0.2) is 0 Å². The maximum atomic E-state index is 13.1. The molecule has 1 amide bonds. The summed E-state index contributed by atoms with van der Waals surface area (Å²) in [6, 6.07) is 11.2. The summed E-state index contributed by atoms with van der Waals surface area (Å²) in [7, 11) is 0. The van der Waals surface area contributed by atoms with Gasteiger partial charge in [-0.05, 0) is 36.2 Å². The summed E-state index contributed by atoms with van der Waals surface area (Å²) in [6.45, 7) is 1.82. The summed E-state index contributed by atoms with van der Waals surface area (Å²) in [5, 5.41) is 11.9. The Morgan fingerprint density at radius 1 is 1.16 bits per heavy atom. The van der Waals surface area contributed by atoms with Crippen LogP contribution in [0.3, 0.4) is 0 Å². The van der Waals surface area contributed by atoms with Crippen LogP contribution in [-0.4, -0.2) is 28.6 Å². The molecule has 0 N–H and O–H groups in total. The Labute approximate surface area is 159 Å². The van der Waals surface area contributed by atoms with E-state index in [2.05, 4.69) is 0 Å². The van der Waals surface area contributed by atoms with E-state index in [1.807, 2.05) is 19.1 Å². The number of rotatable bonds is 3. The van der Waals surface area contributed by atoms with Crippen LogP contribution < -0.4 is 5.11 Å². The fourth-order valence-electron chi connectivity index (χ4n) is 2.81. The van der Waals surface area contributed by atoms with E-state index in [-0.39, 0.29) is 11.7 Å². The van der Waals surface area contributed by atoms with Crippen LogP contribution in [0.1, 0.15) is 26.9 Å². The number of halogens is 2. The molecule has 1 saturated heterocycles. The van der Waals surface area contributed by atoms with E-state index in [1.165, 1.54) is 16.7 Å². The van der Waals surface area contributed by atoms with Gasteiger partial charge in [0.05, 0.1) is 22.1 Å². The normalized spacial score (nSPS) is 19.9. The van der Waals surface area contributed by atoms with Gasteiger partial charge in [0.25, 0.3) is 5.91 Å². The van der Waals surface area contributed by atoms with Crippen LogP contribution >= 0.6 is 35.0 Å². The lowest BCUT2D eigenvalue weighted by atomic mass is 10.1. The molecule has 7 heteroatoms. The molecule has 0 aromatic heterocycles. The molecule has 2 atom stereocenters. The smallest absolute Gasteiger partial charge is 0.255 e. The molecule has 0 bridgehead atoms. The number of carbonyl (C=O) groups excluding carboxylic acids is 2. The Morgan fingerprint density at radius 2 is 1.88 bits per heavy atom. The first kappa shape index (κ1) is 18.1. The Bertz CT molecular complexity index is 843. The van der Waals surface area contributed by atoms with Gasteiger partial charge in [-0.25, -0.2) is 0 Å². The number of nitrogens with zero attached hydrogens (tertiary/aromatic N) is 1. The first-order chi connectivity index (χ1) is 11.9. The zero-order chi connectivity index (χ0) is 18.1. The second kappa shape index (κ2) is 7.28. The molecule has 1 aliphatic heterocycles. The van der Waals surface area contributed by atoms with Crippen molar-refractivity contribution in [1.29, 1.82) is 0 Å². The highest BCUT2D eigenvalue weighted by molar-refractivity contribution is 7.99. The summed E-state index contributed by atoms with van der Waals surface area (Å²) in [5.74, 6) is -1.35. The highest BCUT2D eigenvalue weighted by Crippen LogP contribution is 2.43. The molecule has 130 valence electrons. The van der Waals surface area contributed by atoms with Crippen molar-refractivity contribution in [2.24, 2.45) is 0 Å². The van der Waals surface area contributed by atoms with Crippen molar-refractivity contribution in [3.8, 4) is 0 Å². The van der Waals surface area contributed by atoms with Crippen LogP contribution in [0.2, 0.25) is 10.0 Å². The first-order valence-corrected chi connectivity index (χ1v) is 9.36. The lowest BCUT2D eigenvalue weighted by Crippen LogP contribution is -2.49. The van der Waals surface area contributed by atoms with E-state index in [1.54, 1.807) is 30.3 Å². The Balaban J connectivity index is 2.03. The highest BCUT2D eigenvalue weighted by atomic mass is 35.5. The summed E-state index contributed by atoms with van der Waals surface area (Å²) < 4.78 is 0. The lowest BCUT2D eigenvalue weighted by Gasteiger charge is -2.31. The predicted molar refractivity (Wildman–Crippen MR) is 97.8 cm³/mol. The van der Waals surface area contributed by atoms with Gasteiger partial charge in [-0.1, -0.05) is 47.5 Å². The monoisotopic (exact) mass is 394 g/mol. The van der Waals surface area contributed by atoms with E-state index >= 15 is 0 Å². The molecular weight excluding hydrogens is 381 g/mol. The molecule has 0 radical (unpaired) electrons. The highest BCUT2D eigenvalue weighted by Gasteiger charge is 2.40. The SMILES string of the molecule is Cc1ccccc1C(=O)N1[C@@H](C(=O)[O-])CS[C@@H]1c1ccc(Cl)c(Cl)c1. The van der Waals surface area contributed by atoms with Gasteiger partial charge >= 0.3 is 0 Å². The van der Waals surface area contributed by atoms with Crippen molar-refractivity contribution in [2.75, 3.05) is 5.75 Å². The number of carboxylic acid groups (broad SMARTS) is 1. The average molecular weight is 395 g/mol. The maximum absolute atomic E-state index is 13.1. The summed E-state index contributed by atoms with van der Waals surface area (Å²) in [5.41, 5.74) is 1.99. The summed E-state index contributed by atoms with van der Waals surface area (Å²) in [6.07, 6.45) is 0. The number of carbonyl (C=O) groups is 2. The van der Waals surface area contributed by atoms with Crippen LogP contribution in [-0.2, 0) is 4.79 Å². The third kappa shape index (κ3) is 3.50. The predicted octanol–water partition coefficient (Wildman–Crippen LogP) is 3.31. The number of aliphatic carboxylic acids is 1. The largest absolute Gasteiger partial charge is 0.548 e. The molecule has 2 aromatic carbocycles. The van der Waals surface area contributed by atoms with Gasteiger partial charge in [0, 0.05) is 11.3 Å². The third-order valence-corrected chi connectivity index (χ3v) is 6.17. The van der Waals surface area contributed by atoms with E-state index in [9.17, 15) is 14.7 Å². The number of hydrogen-bond donors (Lipinski definition) is 0. The van der Waals surface area contributed by atoms with Crippen LogP contribution in [0.5, 0.6) is 0 Å². The van der Waals surface area contributed by atoms with E-state index < -0.39 is 17.4 Å². The quantitative estimate of drug-likeness (QED) is 0.800. The summed E-state index contributed by atoms with van der Waals surface area (Å²) in [4.78, 5) is 26.0. The molecule has 1 heterocycles. The van der Waals surface area contributed by atoms with Gasteiger partial charge in [-0.3, -0.25) is 4.79 Å². The standard InChI is InChI=1S/C18H15Cl2NO3S/c1-10-4-2-3-5-12(10)16(22)21-15(18(23)24)9-25-17(21)11-6-7-13(19)14(20)8-11/h2-8,15,17H,9H2,1H3,(H,23,24)/p-1/t15-,17-/m1/s1. The molecule has 2 aromatic rings. The maximum Gasteiger partial charge on any atom is 0.255 e. The lowest BCUT2D eigenvalue weighted by molar-refractivity contribution is -0.310. The average Bonchev–Trinajstić information content (AvgIpc) is 3.02. The minimum absolute atomic E-state index is 0.255. The minimum Gasteiger partial charge on any atom is -0.548 e. The van der Waals surface area contributed by atoms with Crippen LogP contribution in [0.4, 0.5) is 0 Å². The molecule has 1 aliphatic rings.